The molecule has 0 aliphatic carbocycles. The largest absolute Gasteiger partial charge is 0.358 e. The van der Waals surface area contributed by atoms with Crippen molar-refractivity contribution in [1.29, 1.82) is 0 Å². The van der Waals surface area contributed by atoms with Crippen LogP contribution in [0.4, 0.5) is 0 Å². The maximum absolute atomic E-state index is 12.1. The van der Waals surface area contributed by atoms with E-state index in [9.17, 15) is 4.79 Å². The molecule has 0 aliphatic rings. The van der Waals surface area contributed by atoms with E-state index in [2.05, 4.69) is 40.8 Å². The zero-order chi connectivity index (χ0) is 12.4. The van der Waals surface area contributed by atoms with Gasteiger partial charge in [-0.3, -0.25) is 4.79 Å². The van der Waals surface area contributed by atoms with E-state index >= 15 is 0 Å². The van der Waals surface area contributed by atoms with Crippen LogP contribution < -0.4 is 5.43 Å². The number of rotatable bonds is 3. The summed E-state index contributed by atoms with van der Waals surface area (Å²) in [5.74, 6) is 0. The van der Waals surface area contributed by atoms with Crippen molar-refractivity contribution in [2.24, 2.45) is 0 Å². The molecule has 0 saturated heterocycles. The third kappa shape index (κ3) is 2.44. The SMILES string of the molecule is CCCc1cc(=O)c2cc(Br)cc(CC)c2[nH]1. The fourth-order valence-corrected chi connectivity index (χ4v) is 2.63. The molecule has 90 valence electrons. The number of benzene rings is 1. The van der Waals surface area contributed by atoms with E-state index in [4.69, 9.17) is 0 Å². The zero-order valence-electron chi connectivity index (χ0n) is 10.1. The first-order valence-electron chi connectivity index (χ1n) is 6.00. The summed E-state index contributed by atoms with van der Waals surface area (Å²) in [6, 6.07) is 5.69. The Bertz CT molecular complexity index is 601. The van der Waals surface area contributed by atoms with Crippen LogP contribution in [0.2, 0.25) is 0 Å². The molecule has 2 rings (SSSR count). The molecule has 1 aromatic heterocycles. The summed E-state index contributed by atoms with van der Waals surface area (Å²) < 4.78 is 0.968. The molecule has 0 unspecified atom stereocenters. The van der Waals surface area contributed by atoms with Gasteiger partial charge in [-0.2, -0.15) is 0 Å². The molecular formula is C14H16BrNO. The average molecular weight is 294 g/mol. The highest BCUT2D eigenvalue weighted by molar-refractivity contribution is 9.10. The Hall–Kier alpha value is -1.09. The maximum Gasteiger partial charge on any atom is 0.189 e. The van der Waals surface area contributed by atoms with Gasteiger partial charge in [0.25, 0.3) is 0 Å². The van der Waals surface area contributed by atoms with Gasteiger partial charge in [0, 0.05) is 21.6 Å². The third-order valence-electron chi connectivity index (χ3n) is 2.94. The molecule has 0 spiro atoms. The van der Waals surface area contributed by atoms with Gasteiger partial charge < -0.3 is 4.98 Å². The molecule has 0 bridgehead atoms. The Morgan fingerprint density at radius 1 is 1.24 bits per heavy atom. The van der Waals surface area contributed by atoms with Crippen LogP contribution in [0.3, 0.4) is 0 Å². The molecule has 0 aliphatic heterocycles. The minimum absolute atomic E-state index is 0.109. The number of H-pyrrole nitrogens is 1. The fourth-order valence-electron chi connectivity index (χ4n) is 2.12. The lowest BCUT2D eigenvalue weighted by Gasteiger charge is -2.08. The van der Waals surface area contributed by atoms with Crippen molar-refractivity contribution < 1.29 is 0 Å². The molecule has 1 heterocycles. The zero-order valence-corrected chi connectivity index (χ0v) is 11.7. The maximum atomic E-state index is 12.1. The van der Waals surface area contributed by atoms with Gasteiger partial charge in [0.05, 0.1) is 5.52 Å². The quantitative estimate of drug-likeness (QED) is 0.917. The Balaban J connectivity index is 2.77. The normalized spacial score (nSPS) is 11.0. The van der Waals surface area contributed by atoms with E-state index in [0.29, 0.717) is 0 Å². The minimum atomic E-state index is 0.109. The van der Waals surface area contributed by atoms with Gasteiger partial charge in [-0.05, 0) is 30.5 Å². The summed E-state index contributed by atoms with van der Waals surface area (Å²) in [6.07, 6.45) is 2.88. The summed E-state index contributed by atoms with van der Waals surface area (Å²) in [5, 5.41) is 0.774. The van der Waals surface area contributed by atoms with Crippen LogP contribution in [0, 0.1) is 0 Å². The highest BCUT2D eigenvalue weighted by Crippen LogP contribution is 2.21. The number of halogens is 1. The molecular weight excluding hydrogens is 278 g/mol. The van der Waals surface area contributed by atoms with Crippen molar-refractivity contribution >= 4 is 26.8 Å². The highest BCUT2D eigenvalue weighted by atomic mass is 79.9. The first-order valence-corrected chi connectivity index (χ1v) is 6.79. The Labute approximate surface area is 109 Å². The summed E-state index contributed by atoms with van der Waals surface area (Å²) in [4.78, 5) is 15.4. The predicted octanol–water partition coefficient (Wildman–Crippen LogP) is 3.81. The highest BCUT2D eigenvalue weighted by Gasteiger charge is 2.07. The fraction of sp³-hybridized carbons (Fsp3) is 0.357. The number of aromatic amines is 1. The molecule has 3 heteroatoms. The van der Waals surface area contributed by atoms with Crippen LogP contribution in [0.25, 0.3) is 10.9 Å². The van der Waals surface area contributed by atoms with Crippen LogP contribution in [0.15, 0.2) is 27.5 Å². The van der Waals surface area contributed by atoms with Gasteiger partial charge in [-0.15, -0.1) is 0 Å². The molecule has 0 saturated carbocycles. The first-order chi connectivity index (χ1) is 8.15. The summed E-state index contributed by atoms with van der Waals surface area (Å²) in [7, 11) is 0. The number of pyridine rings is 1. The van der Waals surface area contributed by atoms with E-state index in [1.54, 1.807) is 6.07 Å². The monoisotopic (exact) mass is 293 g/mol. The molecule has 0 amide bonds. The lowest BCUT2D eigenvalue weighted by molar-refractivity contribution is 0.887. The van der Waals surface area contributed by atoms with Gasteiger partial charge in [0.15, 0.2) is 5.43 Å². The number of aromatic nitrogens is 1. The number of nitrogens with one attached hydrogen (secondary N) is 1. The third-order valence-corrected chi connectivity index (χ3v) is 3.40. The summed E-state index contributed by atoms with van der Waals surface area (Å²) in [6.45, 7) is 4.22. The Morgan fingerprint density at radius 2 is 2.00 bits per heavy atom. The topological polar surface area (TPSA) is 32.9 Å². The van der Waals surface area contributed by atoms with Gasteiger partial charge in [0.2, 0.25) is 0 Å². The Kier molecular flexibility index (Phi) is 3.67. The van der Waals surface area contributed by atoms with Crippen molar-refractivity contribution in [1.82, 2.24) is 4.98 Å². The van der Waals surface area contributed by atoms with Crippen molar-refractivity contribution in [3.05, 3.63) is 44.2 Å². The van der Waals surface area contributed by atoms with E-state index in [0.717, 1.165) is 40.3 Å². The van der Waals surface area contributed by atoms with Crippen molar-refractivity contribution in [3.8, 4) is 0 Å². The summed E-state index contributed by atoms with van der Waals surface area (Å²) >= 11 is 3.45. The summed E-state index contributed by atoms with van der Waals surface area (Å²) in [5.41, 5.74) is 3.32. The molecule has 2 nitrogen and oxygen atoms in total. The van der Waals surface area contributed by atoms with Crippen molar-refractivity contribution in [2.45, 2.75) is 33.1 Å². The minimum Gasteiger partial charge on any atom is -0.358 e. The van der Waals surface area contributed by atoms with Gasteiger partial charge in [-0.25, -0.2) is 0 Å². The molecule has 0 atom stereocenters. The van der Waals surface area contributed by atoms with Crippen molar-refractivity contribution in [3.63, 3.8) is 0 Å². The molecule has 0 radical (unpaired) electrons. The second kappa shape index (κ2) is 5.05. The van der Waals surface area contributed by atoms with E-state index in [1.807, 2.05) is 6.07 Å². The van der Waals surface area contributed by atoms with Crippen LogP contribution in [0.5, 0.6) is 0 Å². The molecule has 1 N–H and O–H groups in total. The average Bonchev–Trinajstić information content (AvgIpc) is 2.30. The van der Waals surface area contributed by atoms with Crippen molar-refractivity contribution in [2.75, 3.05) is 0 Å². The second-order valence-corrected chi connectivity index (χ2v) is 5.17. The van der Waals surface area contributed by atoms with Crippen LogP contribution >= 0.6 is 15.9 Å². The number of hydrogen-bond acceptors (Lipinski definition) is 1. The van der Waals surface area contributed by atoms with Gasteiger partial charge in [0.1, 0.15) is 0 Å². The van der Waals surface area contributed by atoms with Crippen LogP contribution in [-0.4, -0.2) is 4.98 Å². The number of fused-ring (bicyclic) bond motifs is 1. The van der Waals surface area contributed by atoms with E-state index < -0.39 is 0 Å². The number of aryl methyl sites for hydroxylation is 2. The smallest absolute Gasteiger partial charge is 0.189 e. The molecule has 1 aromatic carbocycles. The molecule has 0 fully saturated rings. The molecule has 17 heavy (non-hydrogen) atoms. The van der Waals surface area contributed by atoms with E-state index in [1.165, 1.54) is 5.56 Å². The van der Waals surface area contributed by atoms with Crippen LogP contribution in [0.1, 0.15) is 31.5 Å². The van der Waals surface area contributed by atoms with E-state index in [-0.39, 0.29) is 5.43 Å². The lowest BCUT2D eigenvalue weighted by Crippen LogP contribution is -2.06. The lowest BCUT2D eigenvalue weighted by atomic mass is 10.1. The second-order valence-electron chi connectivity index (χ2n) is 4.25. The van der Waals surface area contributed by atoms with Gasteiger partial charge in [-0.1, -0.05) is 36.2 Å². The standard InChI is InChI=1S/C14H16BrNO/c1-3-5-11-8-13(17)12-7-10(15)6-9(4-2)14(12)16-11/h6-8H,3-5H2,1-2H3,(H,16,17). The Morgan fingerprint density at radius 3 is 2.65 bits per heavy atom. The molecule has 2 aromatic rings. The van der Waals surface area contributed by atoms with Gasteiger partial charge >= 0.3 is 0 Å². The predicted molar refractivity (Wildman–Crippen MR) is 75.6 cm³/mol. The van der Waals surface area contributed by atoms with Crippen LogP contribution in [-0.2, 0) is 12.8 Å². The number of hydrogen-bond donors (Lipinski definition) is 1. The first kappa shape index (κ1) is 12.4.